The molecule has 4 heteroatoms. The van der Waals surface area contributed by atoms with E-state index in [1.54, 1.807) is 0 Å². The Hall–Kier alpha value is -2.59. The van der Waals surface area contributed by atoms with Crippen LogP contribution in [0.3, 0.4) is 0 Å². The second kappa shape index (κ2) is 8.27. The third kappa shape index (κ3) is 2.97. The summed E-state index contributed by atoms with van der Waals surface area (Å²) in [6.45, 7) is 16.2. The minimum Gasteiger partial charge on any atom is -0.449 e. The zero-order chi connectivity index (χ0) is 24.4. The quantitative estimate of drug-likeness (QED) is 0.349. The maximum atomic E-state index is 4.00. The van der Waals surface area contributed by atoms with E-state index in [0.29, 0.717) is 5.92 Å². The van der Waals surface area contributed by atoms with Gasteiger partial charge in [-0.1, -0.05) is 74.5 Å². The van der Waals surface area contributed by atoms with E-state index in [4.69, 9.17) is 0 Å². The van der Waals surface area contributed by atoms with Gasteiger partial charge in [-0.2, -0.15) is 0 Å². The van der Waals surface area contributed by atoms with E-state index in [0.717, 1.165) is 6.42 Å². The first-order chi connectivity index (χ1) is 16.2. The van der Waals surface area contributed by atoms with Crippen LogP contribution in [-0.4, -0.2) is 21.1 Å². The Balaban J connectivity index is 2.07. The molecule has 2 aliphatic rings. The molecule has 174 valence electrons. The summed E-state index contributed by atoms with van der Waals surface area (Å²) in [7, 11) is 0. The maximum Gasteiger partial charge on any atom is 0.435 e. The first kappa shape index (κ1) is 23.2. The zero-order valence-corrected chi connectivity index (χ0v) is 23.0. The van der Waals surface area contributed by atoms with E-state index in [1.807, 2.05) is 0 Å². The number of halogens is 1. The second-order valence-electron chi connectivity index (χ2n) is 10.5. The summed E-state index contributed by atoms with van der Waals surface area (Å²) in [5.41, 5.74) is 13.7. The van der Waals surface area contributed by atoms with Crippen molar-refractivity contribution in [2.75, 3.05) is 0 Å². The summed E-state index contributed by atoms with van der Waals surface area (Å²) >= 11 is 4.00. The fourth-order valence-corrected chi connectivity index (χ4v) is 6.92. The number of fused-ring (bicyclic) bond motifs is 2. The first-order valence-electron chi connectivity index (χ1n) is 12.4. The van der Waals surface area contributed by atoms with E-state index < -0.39 is 6.42 Å². The molecule has 0 fully saturated rings. The number of benzene rings is 2. The highest BCUT2D eigenvalue weighted by atomic mass is 79.9. The van der Waals surface area contributed by atoms with Crippen molar-refractivity contribution in [3.63, 3.8) is 0 Å². The summed E-state index contributed by atoms with van der Waals surface area (Å²) < 4.78 is 6.61. The van der Waals surface area contributed by atoms with Crippen LogP contribution in [0.5, 0.6) is 0 Å². The van der Waals surface area contributed by atoms with Gasteiger partial charge in [0.15, 0.2) is 5.70 Å². The second-order valence-corrected chi connectivity index (χ2v) is 11.3. The van der Waals surface area contributed by atoms with Crippen LogP contribution in [-0.2, 0) is 0 Å². The van der Waals surface area contributed by atoms with E-state index in [-0.39, 0.29) is 0 Å². The van der Waals surface area contributed by atoms with Gasteiger partial charge in [-0.3, -0.25) is 0 Å². The van der Waals surface area contributed by atoms with Crippen LogP contribution >= 0.6 is 15.9 Å². The van der Waals surface area contributed by atoms with Crippen molar-refractivity contribution in [1.29, 1.82) is 0 Å². The molecule has 0 N–H and O–H groups in total. The standard InChI is InChI=1S/C30H34BBrN2/c1-19(2)18-27-29-21(4)20(3)23(6)33(29)31(25-14-10-8-11-15-25,26-16-12-9-13-17-26)34-24(7)28(32)22(5)30(27)34/h8-17,19H,18H2,1-7H3. The van der Waals surface area contributed by atoms with Gasteiger partial charge in [0.1, 0.15) is 5.71 Å². The molecule has 3 aromatic rings. The van der Waals surface area contributed by atoms with Gasteiger partial charge < -0.3 is 8.96 Å². The molecule has 0 unspecified atom stereocenters. The van der Waals surface area contributed by atoms with E-state index in [1.165, 1.54) is 60.5 Å². The minimum atomic E-state index is -1.50. The maximum absolute atomic E-state index is 4.00. The van der Waals surface area contributed by atoms with Crippen molar-refractivity contribution in [1.82, 2.24) is 4.48 Å². The number of allylic oxidation sites excluding steroid dienone is 3. The third-order valence-corrected chi connectivity index (χ3v) is 9.30. The lowest BCUT2D eigenvalue weighted by molar-refractivity contribution is -0.331. The van der Waals surface area contributed by atoms with Crippen LogP contribution in [0.2, 0.25) is 0 Å². The predicted octanol–water partition coefficient (Wildman–Crippen LogP) is 6.57. The smallest absolute Gasteiger partial charge is 0.435 e. The van der Waals surface area contributed by atoms with Crippen molar-refractivity contribution >= 4 is 44.6 Å². The Morgan fingerprint density at radius 2 is 1.35 bits per heavy atom. The molecule has 0 aliphatic carbocycles. The van der Waals surface area contributed by atoms with Crippen molar-refractivity contribution < 1.29 is 4.49 Å². The van der Waals surface area contributed by atoms with Gasteiger partial charge in [-0.15, -0.1) is 10.9 Å². The molecule has 0 spiro atoms. The highest BCUT2D eigenvalue weighted by Crippen LogP contribution is 2.46. The monoisotopic (exact) mass is 512 g/mol. The Bertz CT molecular complexity index is 1350. The lowest BCUT2D eigenvalue weighted by atomic mass is 9.35. The number of hydrogen-bond acceptors (Lipinski definition) is 0. The zero-order valence-electron chi connectivity index (χ0n) is 21.4. The van der Waals surface area contributed by atoms with Crippen LogP contribution in [0.15, 0.2) is 82.0 Å². The van der Waals surface area contributed by atoms with E-state index in [9.17, 15) is 0 Å². The lowest BCUT2D eigenvalue weighted by Gasteiger charge is -2.46. The molecule has 3 heterocycles. The first-order valence-corrected chi connectivity index (χ1v) is 13.2. The molecule has 0 amide bonds. The largest absolute Gasteiger partial charge is 0.449 e. The lowest BCUT2D eigenvalue weighted by Crippen LogP contribution is -2.73. The van der Waals surface area contributed by atoms with E-state index >= 15 is 0 Å². The van der Waals surface area contributed by atoms with Gasteiger partial charge in [-0.25, -0.2) is 0 Å². The van der Waals surface area contributed by atoms with Gasteiger partial charge in [0, 0.05) is 33.8 Å². The summed E-state index contributed by atoms with van der Waals surface area (Å²) in [4.78, 5) is 0. The summed E-state index contributed by atoms with van der Waals surface area (Å²) in [5.74, 6) is 0.564. The Morgan fingerprint density at radius 3 is 1.85 bits per heavy atom. The minimum absolute atomic E-state index is 0.564. The van der Waals surface area contributed by atoms with Crippen LogP contribution in [0, 0.1) is 19.8 Å². The molecule has 1 aromatic heterocycles. The molecule has 0 saturated heterocycles. The Labute approximate surface area is 212 Å². The molecule has 2 aliphatic heterocycles. The molecule has 5 rings (SSSR count). The number of rotatable bonds is 4. The fourth-order valence-electron chi connectivity index (χ4n) is 6.55. The Morgan fingerprint density at radius 1 is 0.824 bits per heavy atom. The average molecular weight is 513 g/mol. The molecule has 2 aromatic carbocycles. The molecule has 0 atom stereocenters. The van der Waals surface area contributed by atoms with Crippen LogP contribution in [0.25, 0.3) is 5.57 Å². The van der Waals surface area contributed by atoms with Crippen molar-refractivity contribution in [3.8, 4) is 0 Å². The average Bonchev–Trinajstić information content (AvgIpc) is 3.21. The highest BCUT2D eigenvalue weighted by Gasteiger charge is 2.54. The predicted molar refractivity (Wildman–Crippen MR) is 151 cm³/mol. The van der Waals surface area contributed by atoms with Gasteiger partial charge in [0.2, 0.25) is 0 Å². The van der Waals surface area contributed by atoms with Crippen molar-refractivity contribution in [2.45, 2.75) is 54.9 Å². The van der Waals surface area contributed by atoms with Gasteiger partial charge >= 0.3 is 6.42 Å². The summed E-state index contributed by atoms with van der Waals surface area (Å²) in [6.07, 6.45) is -0.446. The van der Waals surface area contributed by atoms with Crippen molar-refractivity contribution in [3.05, 3.63) is 98.9 Å². The summed E-state index contributed by atoms with van der Waals surface area (Å²) in [5, 5.41) is 0. The topological polar surface area (TPSA) is 7.94 Å². The molecular weight excluding hydrogens is 479 g/mol. The fraction of sp³-hybridized carbons (Fsp3) is 0.300. The number of aromatic nitrogens is 1. The van der Waals surface area contributed by atoms with E-state index in [2.05, 4.69) is 134 Å². The molecule has 2 nitrogen and oxygen atoms in total. The molecule has 0 saturated carbocycles. The molecule has 0 radical (unpaired) electrons. The van der Waals surface area contributed by atoms with Crippen molar-refractivity contribution in [2.24, 2.45) is 5.92 Å². The number of nitrogens with zero attached hydrogens (tertiary/aromatic N) is 2. The molecular formula is C30H34BBrN2. The van der Waals surface area contributed by atoms with Crippen LogP contribution in [0.4, 0.5) is 0 Å². The van der Waals surface area contributed by atoms with Crippen LogP contribution in [0.1, 0.15) is 58.0 Å². The van der Waals surface area contributed by atoms with Gasteiger partial charge in [-0.05, 0) is 67.2 Å². The summed E-state index contributed by atoms with van der Waals surface area (Å²) in [6, 6.07) is 22.3. The van der Waals surface area contributed by atoms with Crippen LogP contribution < -0.4 is 10.9 Å². The number of hydrogen-bond donors (Lipinski definition) is 0. The highest BCUT2D eigenvalue weighted by molar-refractivity contribution is 9.10. The molecule has 34 heavy (non-hydrogen) atoms. The van der Waals surface area contributed by atoms with Gasteiger partial charge in [0.25, 0.3) is 0 Å². The normalized spacial score (nSPS) is 17.1. The Kier molecular flexibility index (Phi) is 5.63. The van der Waals surface area contributed by atoms with Gasteiger partial charge in [0.05, 0.1) is 0 Å². The molecule has 0 bridgehead atoms. The third-order valence-electron chi connectivity index (χ3n) is 8.13. The SMILES string of the molecule is CC1=C(C)C(C)=[N+]2C1=C(CC(C)C)c1c(C)c(Br)c(C)n1[B-]2(c1ccccc1)c1ccccc1.